The van der Waals surface area contributed by atoms with Crippen molar-refractivity contribution in [1.29, 1.82) is 0 Å². The number of aromatic nitrogens is 4. The molecule has 0 unspecified atom stereocenters. The highest BCUT2D eigenvalue weighted by atomic mass is 79.9. The van der Waals surface area contributed by atoms with Gasteiger partial charge in [0, 0.05) is 5.33 Å². The summed E-state index contributed by atoms with van der Waals surface area (Å²) in [7, 11) is 0. The molecule has 0 saturated carbocycles. The van der Waals surface area contributed by atoms with Gasteiger partial charge in [-0.3, -0.25) is 0 Å². The minimum absolute atomic E-state index is 0. The highest BCUT2D eigenvalue weighted by Crippen LogP contribution is 2.14. The van der Waals surface area contributed by atoms with Crippen molar-refractivity contribution in [2.24, 2.45) is 0 Å². The lowest BCUT2D eigenvalue weighted by atomic mass is 10.4. The third-order valence-electron chi connectivity index (χ3n) is 1.64. The molecule has 0 aliphatic rings. The van der Waals surface area contributed by atoms with E-state index in [0.29, 0.717) is 16.5 Å². The van der Waals surface area contributed by atoms with Gasteiger partial charge >= 0.3 is 0 Å². The van der Waals surface area contributed by atoms with E-state index in [1.54, 1.807) is 6.20 Å². The lowest BCUT2D eigenvalue weighted by molar-refractivity contribution is 1.11. The lowest BCUT2D eigenvalue weighted by Gasteiger charge is -2.01. The molecule has 2 aromatic rings. The molecule has 0 spiro atoms. The van der Waals surface area contributed by atoms with Gasteiger partial charge < -0.3 is 11.5 Å². The maximum Gasteiger partial charge on any atom is 0.224 e. The molecule has 2 aromatic heterocycles. The van der Waals surface area contributed by atoms with E-state index < -0.39 is 0 Å². The van der Waals surface area contributed by atoms with Gasteiger partial charge in [-0.1, -0.05) is 15.9 Å². The molecule has 6 nitrogen and oxygen atoms in total. The molecule has 4 N–H and O–H groups in total. The molecule has 0 amide bonds. The van der Waals surface area contributed by atoms with Crippen LogP contribution in [0, 0.1) is 0 Å². The Morgan fingerprint density at radius 1 is 1.20 bits per heavy atom. The number of halogens is 2. The fraction of sp³-hybridized carbons (Fsp3) is 0.143. The van der Waals surface area contributed by atoms with Gasteiger partial charge in [0.15, 0.2) is 11.5 Å². The van der Waals surface area contributed by atoms with Crippen LogP contribution in [0.5, 0.6) is 0 Å². The summed E-state index contributed by atoms with van der Waals surface area (Å²) in [4.78, 5) is 16.0. The maximum absolute atomic E-state index is 5.60. The van der Waals surface area contributed by atoms with Crippen molar-refractivity contribution in [2.75, 3.05) is 11.5 Å². The van der Waals surface area contributed by atoms with Gasteiger partial charge in [-0.05, 0) is 0 Å². The number of rotatable bonds is 1. The largest absolute Gasteiger partial charge is 0.382 e. The first-order valence-electron chi connectivity index (χ1n) is 3.81. The van der Waals surface area contributed by atoms with Gasteiger partial charge in [0.1, 0.15) is 5.52 Å². The summed E-state index contributed by atoms with van der Waals surface area (Å²) in [6.45, 7) is 0. The molecule has 0 saturated heterocycles. The summed E-state index contributed by atoms with van der Waals surface area (Å²) >= 11 is 3.27. The lowest BCUT2D eigenvalue weighted by Crippen LogP contribution is -2.03. The number of fused-ring (bicyclic) bond motifs is 1. The molecule has 0 aliphatic heterocycles. The number of nitrogen functional groups attached to an aromatic ring is 2. The fourth-order valence-corrected chi connectivity index (χ4v) is 1.32. The summed E-state index contributed by atoms with van der Waals surface area (Å²) < 4.78 is 0. The summed E-state index contributed by atoms with van der Waals surface area (Å²) in [5, 5.41) is 0.611. The third kappa shape index (κ3) is 2.32. The number of hydrogen-bond donors (Lipinski definition) is 2. The van der Waals surface area contributed by atoms with Crippen LogP contribution < -0.4 is 11.5 Å². The van der Waals surface area contributed by atoms with E-state index in [0.717, 1.165) is 5.69 Å². The van der Waals surface area contributed by atoms with Crippen molar-refractivity contribution < 1.29 is 0 Å². The topological polar surface area (TPSA) is 104 Å². The van der Waals surface area contributed by atoms with Crippen LogP contribution in [-0.2, 0) is 5.33 Å². The van der Waals surface area contributed by atoms with Gasteiger partial charge in [-0.15, -0.1) is 17.0 Å². The highest BCUT2D eigenvalue weighted by Gasteiger charge is 2.06. The minimum Gasteiger partial charge on any atom is -0.382 e. The quantitative estimate of drug-likeness (QED) is 0.755. The second-order valence-corrected chi connectivity index (χ2v) is 3.19. The van der Waals surface area contributed by atoms with Crippen LogP contribution in [0.25, 0.3) is 11.2 Å². The van der Waals surface area contributed by atoms with Crippen molar-refractivity contribution in [3.63, 3.8) is 0 Å². The van der Waals surface area contributed by atoms with Gasteiger partial charge in [0.2, 0.25) is 5.95 Å². The zero-order valence-corrected chi connectivity index (χ0v) is 10.8. The SMILES string of the molecule is Br.Nc1nc(N)c2ncc(CBr)nc2n1. The number of anilines is 2. The Morgan fingerprint density at radius 2 is 1.93 bits per heavy atom. The predicted molar refractivity (Wildman–Crippen MR) is 66.9 cm³/mol. The average molecular weight is 336 g/mol. The van der Waals surface area contributed by atoms with Crippen LogP contribution >= 0.6 is 32.9 Å². The van der Waals surface area contributed by atoms with Crippen LogP contribution in [0.3, 0.4) is 0 Å². The Kier molecular flexibility index (Phi) is 3.75. The second kappa shape index (κ2) is 4.67. The standard InChI is InChI=1S/C7H7BrN6.BrH/c8-1-3-2-11-4-5(9)13-7(10)14-6(4)12-3;/h2H,1H2,(H4,9,10,12,13,14);1H. The first-order chi connectivity index (χ1) is 6.70. The second-order valence-electron chi connectivity index (χ2n) is 2.63. The first-order valence-corrected chi connectivity index (χ1v) is 4.93. The van der Waals surface area contributed by atoms with Crippen LogP contribution in [0.2, 0.25) is 0 Å². The monoisotopic (exact) mass is 334 g/mol. The molecule has 0 bridgehead atoms. The first kappa shape index (κ1) is 12.1. The molecule has 0 aliphatic carbocycles. The van der Waals surface area contributed by atoms with Gasteiger partial charge in [-0.25, -0.2) is 9.97 Å². The van der Waals surface area contributed by atoms with E-state index in [-0.39, 0.29) is 28.7 Å². The van der Waals surface area contributed by atoms with Gasteiger partial charge in [-0.2, -0.15) is 9.97 Å². The van der Waals surface area contributed by atoms with E-state index in [1.807, 2.05) is 0 Å². The highest BCUT2D eigenvalue weighted by molar-refractivity contribution is 9.08. The van der Waals surface area contributed by atoms with Crippen LogP contribution in [0.4, 0.5) is 11.8 Å². The number of alkyl halides is 1. The summed E-state index contributed by atoms with van der Waals surface area (Å²) in [6, 6.07) is 0. The zero-order chi connectivity index (χ0) is 10.1. The van der Waals surface area contributed by atoms with Crippen molar-refractivity contribution in [2.45, 2.75) is 5.33 Å². The number of hydrogen-bond acceptors (Lipinski definition) is 6. The molecule has 15 heavy (non-hydrogen) atoms. The minimum atomic E-state index is 0. The normalized spacial score (nSPS) is 9.93. The Bertz CT molecular complexity index is 488. The van der Waals surface area contributed by atoms with E-state index in [1.165, 1.54) is 0 Å². The molecular formula is C7H8Br2N6. The molecule has 0 atom stereocenters. The van der Waals surface area contributed by atoms with E-state index in [4.69, 9.17) is 11.5 Å². The van der Waals surface area contributed by atoms with Gasteiger partial charge in [0.25, 0.3) is 0 Å². The molecule has 8 heteroatoms. The number of nitrogens with two attached hydrogens (primary N) is 2. The van der Waals surface area contributed by atoms with Crippen molar-refractivity contribution in [3.05, 3.63) is 11.9 Å². The predicted octanol–water partition coefficient (Wildman–Crippen LogP) is 1.06. The Morgan fingerprint density at radius 3 is 2.60 bits per heavy atom. The molecular weight excluding hydrogens is 328 g/mol. The van der Waals surface area contributed by atoms with E-state index in [9.17, 15) is 0 Å². The van der Waals surface area contributed by atoms with Crippen molar-refractivity contribution in [3.8, 4) is 0 Å². The Balaban J connectivity index is 0.00000112. The maximum atomic E-state index is 5.60. The summed E-state index contributed by atoms with van der Waals surface area (Å²) in [6.07, 6.45) is 1.62. The summed E-state index contributed by atoms with van der Waals surface area (Å²) in [5.74, 6) is 0.358. The summed E-state index contributed by atoms with van der Waals surface area (Å²) in [5.41, 5.74) is 12.7. The molecule has 2 heterocycles. The average Bonchev–Trinajstić information content (AvgIpc) is 2.16. The Hall–Kier alpha value is -1.02. The van der Waals surface area contributed by atoms with Crippen LogP contribution in [0.15, 0.2) is 6.20 Å². The third-order valence-corrected chi connectivity index (χ3v) is 2.21. The molecule has 2 rings (SSSR count). The van der Waals surface area contributed by atoms with E-state index >= 15 is 0 Å². The molecule has 0 fully saturated rings. The number of nitrogens with zero attached hydrogens (tertiary/aromatic N) is 4. The molecule has 80 valence electrons. The van der Waals surface area contributed by atoms with Crippen molar-refractivity contribution in [1.82, 2.24) is 19.9 Å². The molecule has 0 aromatic carbocycles. The van der Waals surface area contributed by atoms with Crippen molar-refractivity contribution >= 4 is 55.8 Å². The van der Waals surface area contributed by atoms with Gasteiger partial charge in [0.05, 0.1) is 11.9 Å². The van der Waals surface area contributed by atoms with Crippen LogP contribution in [0.1, 0.15) is 5.69 Å². The zero-order valence-electron chi connectivity index (χ0n) is 7.51. The fourth-order valence-electron chi connectivity index (χ4n) is 1.05. The smallest absolute Gasteiger partial charge is 0.224 e. The van der Waals surface area contributed by atoms with E-state index in [2.05, 4.69) is 35.9 Å². The Labute approximate surface area is 104 Å². The van der Waals surface area contributed by atoms with Crippen LogP contribution in [-0.4, -0.2) is 19.9 Å². The molecule has 0 radical (unpaired) electrons.